The van der Waals surface area contributed by atoms with Gasteiger partial charge in [-0.2, -0.15) is 15.0 Å². The Balaban J connectivity index is 2.57. The van der Waals surface area contributed by atoms with E-state index < -0.39 is 0 Å². The minimum absolute atomic E-state index is 0.0448. The predicted molar refractivity (Wildman–Crippen MR) is 124 cm³/mol. The molecule has 0 radical (unpaired) electrons. The van der Waals surface area contributed by atoms with Crippen molar-refractivity contribution in [1.29, 1.82) is 0 Å². The molecular formula is C21H36N8O2. The number of primary amides is 1. The van der Waals surface area contributed by atoms with Gasteiger partial charge in [-0.1, -0.05) is 26.2 Å². The molecule has 0 aliphatic rings. The highest BCUT2D eigenvalue weighted by Crippen LogP contribution is 2.16. The lowest BCUT2D eigenvalue weighted by Crippen LogP contribution is -2.45. The third kappa shape index (κ3) is 11.0. The highest BCUT2D eigenvalue weighted by molar-refractivity contribution is 5.76. The largest absolute Gasteiger partial charge is 0.370 e. The number of amides is 2. The van der Waals surface area contributed by atoms with Crippen LogP contribution in [0.15, 0.2) is 0 Å². The second-order valence-corrected chi connectivity index (χ2v) is 7.60. The van der Waals surface area contributed by atoms with Gasteiger partial charge in [0, 0.05) is 31.5 Å². The number of aromatic nitrogens is 3. The quantitative estimate of drug-likeness (QED) is 0.196. The van der Waals surface area contributed by atoms with Crippen molar-refractivity contribution < 1.29 is 9.59 Å². The van der Waals surface area contributed by atoms with Crippen molar-refractivity contribution in [2.75, 3.05) is 35.6 Å². The van der Waals surface area contributed by atoms with E-state index >= 15 is 0 Å². The van der Waals surface area contributed by atoms with Crippen LogP contribution in [0, 0.1) is 12.3 Å². The molecule has 1 aromatic heterocycles. The molecule has 0 aliphatic carbocycles. The Hall–Kier alpha value is -3.09. The molecule has 0 saturated carbocycles. The molecule has 1 aromatic rings. The van der Waals surface area contributed by atoms with E-state index in [0.717, 1.165) is 19.3 Å². The normalized spacial score (nSPS) is 12.3. The highest BCUT2D eigenvalue weighted by Gasteiger charge is 2.22. The molecule has 0 aromatic carbocycles. The lowest BCUT2D eigenvalue weighted by atomic mass is 9.93. The molecule has 0 saturated heterocycles. The summed E-state index contributed by atoms with van der Waals surface area (Å²) in [6.45, 7) is 7.59. The molecular weight excluding hydrogens is 396 g/mol. The van der Waals surface area contributed by atoms with E-state index in [1.807, 2.05) is 0 Å². The van der Waals surface area contributed by atoms with E-state index in [1.54, 1.807) is 0 Å². The van der Waals surface area contributed by atoms with Crippen LogP contribution < -0.4 is 27.0 Å². The zero-order valence-electron chi connectivity index (χ0n) is 18.9. The van der Waals surface area contributed by atoms with Crippen molar-refractivity contribution in [3.05, 3.63) is 0 Å². The first-order valence-corrected chi connectivity index (χ1v) is 10.8. The van der Waals surface area contributed by atoms with Crippen molar-refractivity contribution in [3.8, 4) is 12.3 Å². The maximum absolute atomic E-state index is 12.3. The third-order valence-electron chi connectivity index (χ3n) is 4.75. The van der Waals surface area contributed by atoms with Crippen LogP contribution in [0.4, 0.5) is 17.8 Å². The number of nitrogens with zero attached hydrogens (tertiary/aromatic N) is 3. The fourth-order valence-electron chi connectivity index (χ4n) is 2.93. The maximum Gasteiger partial charge on any atom is 0.230 e. The summed E-state index contributed by atoms with van der Waals surface area (Å²) in [5, 5.41) is 12.2. The van der Waals surface area contributed by atoms with E-state index in [4.69, 9.17) is 12.2 Å². The molecule has 1 heterocycles. The Morgan fingerprint density at radius 2 is 1.55 bits per heavy atom. The number of terminal acetylenes is 1. The van der Waals surface area contributed by atoms with Gasteiger partial charge in [0.25, 0.3) is 0 Å². The van der Waals surface area contributed by atoms with Crippen LogP contribution in [0.2, 0.25) is 0 Å². The fourth-order valence-corrected chi connectivity index (χ4v) is 2.93. The summed E-state index contributed by atoms with van der Waals surface area (Å²) >= 11 is 0. The molecule has 1 atom stereocenters. The van der Waals surface area contributed by atoms with Gasteiger partial charge in [-0.3, -0.25) is 9.59 Å². The summed E-state index contributed by atoms with van der Waals surface area (Å²) in [7, 11) is 0. The average molecular weight is 433 g/mol. The Labute approximate surface area is 185 Å². The predicted octanol–water partition coefficient (Wildman–Crippen LogP) is 1.87. The lowest BCUT2D eigenvalue weighted by Gasteiger charge is -2.29. The minimum atomic E-state index is -0.353. The summed E-state index contributed by atoms with van der Waals surface area (Å²) in [5.41, 5.74) is 4.99. The van der Waals surface area contributed by atoms with Gasteiger partial charge >= 0.3 is 0 Å². The van der Waals surface area contributed by atoms with Crippen LogP contribution in [0.1, 0.15) is 65.7 Å². The van der Waals surface area contributed by atoms with Crippen LogP contribution in [-0.4, -0.2) is 51.9 Å². The molecule has 172 valence electrons. The first-order valence-electron chi connectivity index (χ1n) is 10.8. The molecule has 1 unspecified atom stereocenters. The number of carbonyl (C=O) groups excluding carboxylic acids is 2. The average Bonchev–Trinajstić information content (AvgIpc) is 2.73. The molecule has 1 rings (SSSR count). The standard InChI is InChI=1S/C21H36N8O2/c1-5-12-21(4,7-3)29-17(31)11-9-15-25-20-27-18(23-13-6-2)26-19(28-20)24-14-8-10-16(22)30/h2H,5,7-15H2,1,3-4H3,(H2,22,30)(H,29,31)(H3,23,24,25,26,27,28). The van der Waals surface area contributed by atoms with Gasteiger partial charge in [-0.05, 0) is 32.6 Å². The molecule has 6 N–H and O–H groups in total. The number of rotatable bonds is 16. The number of hydrogen-bond acceptors (Lipinski definition) is 8. The number of carbonyl (C=O) groups is 2. The monoisotopic (exact) mass is 432 g/mol. The first-order chi connectivity index (χ1) is 14.8. The van der Waals surface area contributed by atoms with Gasteiger partial charge in [0.05, 0.1) is 6.54 Å². The summed E-state index contributed by atoms with van der Waals surface area (Å²) in [6, 6.07) is 0. The van der Waals surface area contributed by atoms with Gasteiger partial charge in [-0.15, -0.1) is 6.42 Å². The van der Waals surface area contributed by atoms with Crippen LogP contribution >= 0.6 is 0 Å². The van der Waals surface area contributed by atoms with E-state index in [-0.39, 0.29) is 30.3 Å². The van der Waals surface area contributed by atoms with Gasteiger partial charge in [0.1, 0.15) is 0 Å². The maximum atomic E-state index is 12.3. The Morgan fingerprint density at radius 3 is 2.03 bits per heavy atom. The lowest BCUT2D eigenvalue weighted by molar-refractivity contribution is -0.123. The van der Waals surface area contributed by atoms with Gasteiger partial charge in [-0.25, -0.2) is 0 Å². The fraction of sp³-hybridized carbons (Fsp3) is 0.667. The van der Waals surface area contributed by atoms with Crippen molar-refractivity contribution >= 4 is 29.7 Å². The van der Waals surface area contributed by atoms with Gasteiger partial charge in [0.2, 0.25) is 29.7 Å². The summed E-state index contributed by atoms with van der Waals surface area (Å²) in [4.78, 5) is 36.0. The number of anilines is 3. The topological polar surface area (TPSA) is 147 Å². The third-order valence-corrected chi connectivity index (χ3v) is 4.75. The second kappa shape index (κ2) is 14.0. The minimum Gasteiger partial charge on any atom is -0.370 e. The summed E-state index contributed by atoms with van der Waals surface area (Å²) < 4.78 is 0. The molecule has 0 spiro atoms. The van der Waals surface area contributed by atoms with Crippen molar-refractivity contribution in [1.82, 2.24) is 20.3 Å². The Morgan fingerprint density at radius 1 is 1.00 bits per heavy atom. The van der Waals surface area contributed by atoms with Crippen LogP contribution in [0.5, 0.6) is 0 Å². The number of hydrogen-bond donors (Lipinski definition) is 5. The van der Waals surface area contributed by atoms with E-state index in [0.29, 0.717) is 50.2 Å². The van der Waals surface area contributed by atoms with Gasteiger partial charge in [0.15, 0.2) is 0 Å². The van der Waals surface area contributed by atoms with E-state index in [2.05, 4.69) is 62.9 Å². The highest BCUT2D eigenvalue weighted by atomic mass is 16.2. The number of nitrogens with one attached hydrogen (secondary N) is 4. The molecule has 0 fully saturated rings. The smallest absolute Gasteiger partial charge is 0.230 e. The van der Waals surface area contributed by atoms with Crippen LogP contribution in [-0.2, 0) is 9.59 Å². The van der Waals surface area contributed by atoms with E-state index in [9.17, 15) is 9.59 Å². The summed E-state index contributed by atoms with van der Waals surface area (Å²) in [6.07, 6.45) is 10.1. The van der Waals surface area contributed by atoms with Crippen molar-refractivity contribution in [2.24, 2.45) is 5.73 Å². The Kier molecular flexibility index (Phi) is 11.7. The Bertz CT molecular complexity index is 749. The molecule has 0 aliphatic heterocycles. The van der Waals surface area contributed by atoms with Gasteiger partial charge < -0.3 is 27.0 Å². The number of nitrogens with two attached hydrogens (primary N) is 1. The van der Waals surface area contributed by atoms with Crippen molar-refractivity contribution in [3.63, 3.8) is 0 Å². The van der Waals surface area contributed by atoms with Crippen LogP contribution in [0.3, 0.4) is 0 Å². The molecule has 10 nitrogen and oxygen atoms in total. The zero-order chi connectivity index (χ0) is 23.1. The first kappa shape index (κ1) is 25.9. The summed E-state index contributed by atoms with van der Waals surface area (Å²) in [5.74, 6) is 3.23. The molecule has 10 heteroatoms. The second-order valence-electron chi connectivity index (χ2n) is 7.60. The molecule has 2 amide bonds. The molecule has 0 bridgehead atoms. The molecule has 31 heavy (non-hydrogen) atoms. The van der Waals surface area contributed by atoms with Crippen molar-refractivity contribution in [2.45, 2.75) is 71.3 Å². The SMILES string of the molecule is C#CCNc1nc(NCCCC(N)=O)nc(NCCCC(=O)NC(C)(CC)CCC)n1. The zero-order valence-corrected chi connectivity index (χ0v) is 18.9. The van der Waals surface area contributed by atoms with Crippen LogP contribution in [0.25, 0.3) is 0 Å². The van der Waals surface area contributed by atoms with E-state index in [1.165, 1.54) is 0 Å².